The Hall–Kier alpha value is -2.94. The SMILES string of the molecule is CSc1ccccc1C#Cc1ccccc1C#Cc1ccc(F)cc1. The third-order valence-electron chi connectivity index (χ3n) is 3.55. The zero-order chi connectivity index (χ0) is 17.5. The van der Waals surface area contributed by atoms with Gasteiger partial charge in [0.25, 0.3) is 0 Å². The molecule has 2 heteroatoms. The minimum atomic E-state index is -0.260. The molecular formula is C23H15FS. The summed E-state index contributed by atoms with van der Waals surface area (Å²) in [6.07, 6.45) is 2.04. The van der Waals surface area contributed by atoms with Crippen LogP contribution in [0.25, 0.3) is 0 Å². The van der Waals surface area contributed by atoms with Crippen molar-refractivity contribution in [1.29, 1.82) is 0 Å². The molecule has 25 heavy (non-hydrogen) atoms. The summed E-state index contributed by atoms with van der Waals surface area (Å²) in [4.78, 5) is 1.16. The summed E-state index contributed by atoms with van der Waals surface area (Å²) in [5.41, 5.74) is 3.53. The lowest BCUT2D eigenvalue weighted by Crippen LogP contribution is -1.85. The normalized spacial score (nSPS) is 9.52. The van der Waals surface area contributed by atoms with E-state index in [0.29, 0.717) is 0 Å². The number of thioether (sulfide) groups is 1. The maximum absolute atomic E-state index is 13.0. The molecule has 0 fully saturated rings. The van der Waals surface area contributed by atoms with Gasteiger partial charge in [0, 0.05) is 27.1 Å². The van der Waals surface area contributed by atoms with E-state index in [0.717, 1.165) is 27.1 Å². The van der Waals surface area contributed by atoms with Gasteiger partial charge in [0.1, 0.15) is 5.82 Å². The topological polar surface area (TPSA) is 0 Å². The van der Waals surface area contributed by atoms with Crippen molar-refractivity contribution in [2.75, 3.05) is 6.26 Å². The summed E-state index contributed by atoms with van der Waals surface area (Å²) in [7, 11) is 0. The molecule has 0 amide bonds. The van der Waals surface area contributed by atoms with Gasteiger partial charge in [0.05, 0.1) is 0 Å². The fourth-order valence-corrected chi connectivity index (χ4v) is 2.81. The predicted molar refractivity (Wildman–Crippen MR) is 103 cm³/mol. The highest BCUT2D eigenvalue weighted by Crippen LogP contribution is 2.19. The van der Waals surface area contributed by atoms with Crippen molar-refractivity contribution in [2.24, 2.45) is 0 Å². The van der Waals surface area contributed by atoms with E-state index in [-0.39, 0.29) is 5.82 Å². The third-order valence-corrected chi connectivity index (χ3v) is 4.35. The first-order valence-corrected chi connectivity index (χ1v) is 9.00. The highest BCUT2D eigenvalue weighted by atomic mass is 32.2. The maximum Gasteiger partial charge on any atom is 0.123 e. The van der Waals surface area contributed by atoms with E-state index < -0.39 is 0 Å². The van der Waals surface area contributed by atoms with Crippen molar-refractivity contribution >= 4 is 11.8 Å². The van der Waals surface area contributed by atoms with Crippen LogP contribution in [0.2, 0.25) is 0 Å². The second-order valence-electron chi connectivity index (χ2n) is 5.25. The number of hydrogen-bond acceptors (Lipinski definition) is 1. The van der Waals surface area contributed by atoms with Crippen LogP contribution in [0.15, 0.2) is 77.7 Å². The van der Waals surface area contributed by atoms with Crippen LogP contribution in [0.3, 0.4) is 0 Å². The van der Waals surface area contributed by atoms with Crippen molar-refractivity contribution in [3.8, 4) is 23.7 Å². The molecule has 0 heterocycles. The molecule has 0 spiro atoms. The van der Waals surface area contributed by atoms with Gasteiger partial charge < -0.3 is 0 Å². The van der Waals surface area contributed by atoms with Crippen molar-refractivity contribution in [3.63, 3.8) is 0 Å². The Bertz CT molecular complexity index is 996. The molecule has 0 aliphatic carbocycles. The van der Waals surface area contributed by atoms with Crippen LogP contribution < -0.4 is 0 Å². The molecule has 120 valence electrons. The first-order chi connectivity index (χ1) is 12.3. The molecule has 0 aliphatic heterocycles. The minimum Gasteiger partial charge on any atom is -0.207 e. The van der Waals surface area contributed by atoms with Crippen LogP contribution in [-0.4, -0.2) is 6.26 Å². The lowest BCUT2D eigenvalue weighted by Gasteiger charge is -1.99. The third kappa shape index (κ3) is 4.54. The molecule has 0 aliphatic rings. The Morgan fingerprint density at radius 1 is 0.640 bits per heavy atom. The molecule has 3 rings (SSSR count). The van der Waals surface area contributed by atoms with Gasteiger partial charge in [-0.1, -0.05) is 47.9 Å². The number of hydrogen-bond donors (Lipinski definition) is 0. The van der Waals surface area contributed by atoms with Crippen molar-refractivity contribution < 1.29 is 4.39 Å². The molecule has 0 saturated carbocycles. The number of rotatable bonds is 1. The van der Waals surface area contributed by atoms with E-state index in [1.807, 2.05) is 48.7 Å². The Kier molecular flexibility index (Phi) is 5.57. The van der Waals surface area contributed by atoms with Crippen LogP contribution in [-0.2, 0) is 0 Å². The first kappa shape index (κ1) is 16.9. The highest BCUT2D eigenvalue weighted by molar-refractivity contribution is 7.98. The van der Waals surface area contributed by atoms with Crippen LogP contribution in [0.4, 0.5) is 4.39 Å². The van der Waals surface area contributed by atoms with Gasteiger partial charge in [-0.05, 0) is 54.8 Å². The average Bonchev–Trinajstić information content (AvgIpc) is 2.67. The molecule has 0 bridgehead atoms. The molecular weight excluding hydrogens is 327 g/mol. The zero-order valence-corrected chi connectivity index (χ0v) is 14.5. The Balaban J connectivity index is 1.93. The van der Waals surface area contributed by atoms with E-state index in [9.17, 15) is 4.39 Å². The predicted octanol–water partition coefficient (Wildman–Crippen LogP) is 5.35. The Morgan fingerprint density at radius 2 is 1.16 bits per heavy atom. The Morgan fingerprint density at radius 3 is 1.80 bits per heavy atom. The van der Waals surface area contributed by atoms with Gasteiger partial charge >= 0.3 is 0 Å². The molecule has 0 aromatic heterocycles. The molecule has 0 saturated heterocycles. The summed E-state index contributed by atoms with van der Waals surface area (Å²) in [6, 6.07) is 22.1. The summed E-state index contributed by atoms with van der Waals surface area (Å²) in [5, 5.41) is 0. The van der Waals surface area contributed by atoms with Gasteiger partial charge in [-0.25, -0.2) is 4.39 Å². The van der Waals surface area contributed by atoms with Gasteiger partial charge in [-0.3, -0.25) is 0 Å². The molecule has 3 aromatic carbocycles. The van der Waals surface area contributed by atoms with Crippen LogP contribution >= 0.6 is 11.8 Å². The fourth-order valence-electron chi connectivity index (χ4n) is 2.26. The highest BCUT2D eigenvalue weighted by Gasteiger charge is 1.98. The molecule has 0 unspecified atom stereocenters. The lowest BCUT2D eigenvalue weighted by molar-refractivity contribution is 0.627. The van der Waals surface area contributed by atoms with Crippen molar-refractivity contribution in [3.05, 3.63) is 101 Å². The molecule has 0 nitrogen and oxygen atoms in total. The van der Waals surface area contributed by atoms with Crippen LogP contribution in [0, 0.1) is 29.5 Å². The summed E-state index contributed by atoms with van der Waals surface area (Å²) < 4.78 is 13.0. The number of benzene rings is 3. The van der Waals surface area contributed by atoms with E-state index >= 15 is 0 Å². The van der Waals surface area contributed by atoms with Crippen LogP contribution in [0.5, 0.6) is 0 Å². The van der Waals surface area contributed by atoms with Crippen molar-refractivity contribution in [1.82, 2.24) is 0 Å². The van der Waals surface area contributed by atoms with E-state index in [1.165, 1.54) is 12.1 Å². The van der Waals surface area contributed by atoms with E-state index in [2.05, 4.69) is 29.7 Å². The smallest absolute Gasteiger partial charge is 0.123 e. The second kappa shape index (κ2) is 8.25. The van der Waals surface area contributed by atoms with Gasteiger partial charge in [0.15, 0.2) is 0 Å². The molecule has 0 radical (unpaired) electrons. The largest absolute Gasteiger partial charge is 0.207 e. The minimum absolute atomic E-state index is 0.260. The quantitative estimate of drug-likeness (QED) is 0.424. The van der Waals surface area contributed by atoms with Gasteiger partial charge in [0.2, 0.25) is 0 Å². The average molecular weight is 342 g/mol. The summed E-state index contributed by atoms with van der Waals surface area (Å²) in [6.45, 7) is 0. The fraction of sp³-hybridized carbons (Fsp3) is 0.0435. The van der Waals surface area contributed by atoms with Gasteiger partial charge in [-0.15, -0.1) is 11.8 Å². The lowest BCUT2D eigenvalue weighted by atomic mass is 10.1. The molecule has 0 atom stereocenters. The van der Waals surface area contributed by atoms with E-state index in [4.69, 9.17) is 0 Å². The van der Waals surface area contributed by atoms with Crippen molar-refractivity contribution in [2.45, 2.75) is 4.90 Å². The molecule has 0 N–H and O–H groups in total. The monoisotopic (exact) mass is 342 g/mol. The summed E-state index contributed by atoms with van der Waals surface area (Å²) in [5.74, 6) is 12.4. The second-order valence-corrected chi connectivity index (χ2v) is 6.10. The zero-order valence-electron chi connectivity index (χ0n) is 13.7. The Labute approximate surface area is 152 Å². The summed E-state index contributed by atoms with van der Waals surface area (Å²) >= 11 is 1.68. The number of halogens is 1. The standard InChI is InChI=1S/C23H15FS/c1-25-23-9-5-4-8-21(23)15-14-20-7-3-2-6-19(20)13-10-18-11-16-22(24)17-12-18/h2-9,11-12,16-17H,1H3. The first-order valence-electron chi connectivity index (χ1n) is 7.78. The van der Waals surface area contributed by atoms with E-state index in [1.54, 1.807) is 23.9 Å². The molecule has 3 aromatic rings. The van der Waals surface area contributed by atoms with Gasteiger partial charge in [-0.2, -0.15) is 0 Å². The van der Waals surface area contributed by atoms with Crippen LogP contribution in [0.1, 0.15) is 22.3 Å². The maximum atomic E-state index is 13.0.